The molecule has 6 heteroatoms. The van der Waals surface area contributed by atoms with Crippen LogP contribution in [-0.2, 0) is 11.3 Å². The number of benzene rings is 1. The lowest BCUT2D eigenvalue weighted by atomic mass is 9.79. The highest BCUT2D eigenvalue weighted by molar-refractivity contribution is 5.92. The van der Waals surface area contributed by atoms with Gasteiger partial charge in [-0.15, -0.1) is 0 Å². The predicted molar refractivity (Wildman–Crippen MR) is 117 cm³/mol. The van der Waals surface area contributed by atoms with Gasteiger partial charge in [-0.3, -0.25) is 4.79 Å². The van der Waals surface area contributed by atoms with Crippen LogP contribution in [0.1, 0.15) is 59.4 Å². The van der Waals surface area contributed by atoms with E-state index < -0.39 is 0 Å². The van der Waals surface area contributed by atoms with Gasteiger partial charge >= 0.3 is 0 Å². The van der Waals surface area contributed by atoms with Crippen molar-refractivity contribution in [1.29, 1.82) is 0 Å². The van der Waals surface area contributed by atoms with Crippen LogP contribution in [0, 0.1) is 11.3 Å². The fourth-order valence-corrected chi connectivity index (χ4v) is 2.94. The number of carbonyl (C=O) groups excluding carboxylic acids is 1. The van der Waals surface area contributed by atoms with Gasteiger partial charge in [0.1, 0.15) is 0 Å². The van der Waals surface area contributed by atoms with E-state index in [0.29, 0.717) is 6.54 Å². The Morgan fingerprint density at radius 2 is 1.75 bits per heavy atom. The maximum absolute atomic E-state index is 11.8. The van der Waals surface area contributed by atoms with Crippen LogP contribution in [-0.4, -0.2) is 36.7 Å². The zero-order valence-electron chi connectivity index (χ0n) is 18.1. The molecule has 0 heterocycles. The minimum absolute atomic E-state index is 0.0163. The molecule has 0 bridgehead atoms. The van der Waals surface area contributed by atoms with E-state index in [-0.39, 0.29) is 23.8 Å². The number of hydrogen-bond donors (Lipinski definition) is 4. The third-order valence-corrected chi connectivity index (χ3v) is 5.28. The standard InChI is InChI=1S/C22H38N4O2/c1-6-22(7-2,13-14-27)16-25-21(23-8-3)24-15-18-9-11-19(12-10-18)26-20(28)17(4)5/h9-12,17,27H,6-8,13-16H2,1-5H3,(H,26,28)(H2,23,24,25). The van der Waals surface area contributed by atoms with E-state index >= 15 is 0 Å². The van der Waals surface area contributed by atoms with Crippen molar-refractivity contribution in [1.82, 2.24) is 10.6 Å². The lowest BCUT2D eigenvalue weighted by molar-refractivity contribution is -0.118. The Morgan fingerprint density at radius 1 is 1.11 bits per heavy atom. The second-order valence-electron chi connectivity index (χ2n) is 7.57. The van der Waals surface area contributed by atoms with Crippen LogP contribution in [0.3, 0.4) is 0 Å². The van der Waals surface area contributed by atoms with Gasteiger partial charge in [-0.1, -0.05) is 39.8 Å². The lowest BCUT2D eigenvalue weighted by Crippen LogP contribution is -2.43. The summed E-state index contributed by atoms with van der Waals surface area (Å²) in [4.78, 5) is 16.4. The van der Waals surface area contributed by atoms with E-state index in [1.54, 1.807) is 0 Å². The van der Waals surface area contributed by atoms with E-state index in [4.69, 9.17) is 0 Å². The molecule has 0 aliphatic carbocycles. The van der Waals surface area contributed by atoms with Crippen LogP contribution in [0.5, 0.6) is 0 Å². The topological polar surface area (TPSA) is 85.8 Å². The molecule has 0 aliphatic heterocycles. The highest BCUT2D eigenvalue weighted by atomic mass is 16.3. The number of aliphatic imine (C=N–C) groups is 1. The molecule has 0 unspecified atom stereocenters. The van der Waals surface area contributed by atoms with Gasteiger partial charge in [0.2, 0.25) is 5.91 Å². The van der Waals surface area contributed by atoms with E-state index in [1.165, 1.54) is 0 Å². The lowest BCUT2D eigenvalue weighted by Gasteiger charge is -2.32. The van der Waals surface area contributed by atoms with Crippen molar-refractivity contribution in [3.8, 4) is 0 Å². The normalized spacial score (nSPS) is 12.2. The zero-order chi connectivity index (χ0) is 21.0. The Hall–Kier alpha value is -2.08. The van der Waals surface area contributed by atoms with Crippen molar-refractivity contribution < 1.29 is 9.90 Å². The quantitative estimate of drug-likeness (QED) is 0.344. The third-order valence-electron chi connectivity index (χ3n) is 5.28. The Kier molecular flexibility index (Phi) is 10.6. The fourth-order valence-electron chi connectivity index (χ4n) is 2.94. The molecule has 1 rings (SSSR count). The first-order valence-corrected chi connectivity index (χ1v) is 10.4. The summed E-state index contributed by atoms with van der Waals surface area (Å²) in [5.41, 5.74) is 1.96. The molecule has 1 amide bonds. The summed E-state index contributed by atoms with van der Waals surface area (Å²) >= 11 is 0. The predicted octanol–water partition coefficient (Wildman–Crippen LogP) is 3.53. The van der Waals surface area contributed by atoms with Crippen molar-refractivity contribution in [2.24, 2.45) is 16.3 Å². The first kappa shape index (κ1) is 24.0. The van der Waals surface area contributed by atoms with Gasteiger partial charge in [0.05, 0.1) is 6.54 Å². The Balaban J connectivity index is 2.72. The number of hydrogen-bond acceptors (Lipinski definition) is 3. The summed E-state index contributed by atoms with van der Waals surface area (Å²) in [7, 11) is 0. The van der Waals surface area contributed by atoms with E-state index in [2.05, 4.69) is 34.8 Å². The van der Waals surface area contributed by atoms with Crippen LogP contribution in [0.15, 0.2) is 29.3 Å². The third kappa shape index (κ3) is 7.89. The number of guanidine groups is 1. The molecule has 0 atom stereocenters. The summed E-state index contributed by atoms with van der Waals surface area (Å²) in [5, 5.41) is 19.0. The van der Waals surface area contributed by atoms with Gasteiger partial charge in [-0.2, -0.15) is 0 Å². The number of aliphatic hydroxyl groups excluding tert-OH is 1. The van der Waals surface area contributed by atoms with Crippen molar-refractivity contribution in [3.63, 3.8) is 0 Å². The summed E-state index contributed by atoms with van der Waals surface area (Å²) in [6.07, 6.45) is 2.82. The second-order valence-corrected chi connectivity index (χ2v) is 7.57. The molecule has 28 heavy (non-hydrogen) atoms. The van der Waals surface area contributed by atoms with Crippen molar-refractivity contribution >= 4 is 17.6 Å². The summed E-state index contributed by atoms with van der Waals surface area (Å²) in [5.74, 6) is 0.758. The first-order valence-electron chi connectivity index (χ1n) is 10.4. The minimum Gasteiger partial charge on any atom is -0.396 e. The van der Waals surface area contributed by atoms with Crippen molar-refractivity contribution in [2.75, 3.05) is 25.0 Å². The first-order chi connectivity index (χ1) is 13.4. The minimum atomic E-state index is -0.0396. The van der Waals surface area contributed by atoms with Crippen LogP contribution >= 0.6 is 0 Å². The number of nitrogens with one attached hydrogen (secondary N) is 3. The summed E-state index contributed by atoms with van der Waals surface area (Å²) in [6.45, 7) is 12.5. The zero-order valence-corrected chi connectivity index (χ0v) is 18.1. The molecular formula is C22H38N4O2. The molecule has 0 fully saturated rings. The summed E-state index contributed by atoms with van der Waals surface area (Å²) < 4.78 is 0. The summed E-state index contributed by atoms with van der Waals surface area (Å²) in [6, 6.07) is 7.78. The van der Waals surface area contributed by atoms with Gasteiger partial charge in [0.15, 0.2) is 5.96 Å². The maximum Gasteiger partial charge on any atom is 0.226 e. The molecule has 0 aliphatic rings. The molecule has 0 spiro atoms. The van der Waals surface area contributed by atoms with E-state index in [0.717, 1.165) is 49.6 Å². The molecule has 4 N–H and O–H groups in total. The average molecular weight is 391 g/mol. The number of amides is 1. The Labute approximate surface area is 170 Å². The molecule has 158 valence electrons. The number of rotatable bonds is 11. The maximum atomic E-state index is 11.8. The van der Waals surface area contributed by atoms with Gasteiger partial charge in [0.25, 0.3) is 0 Å². The monoisotopic (exact) mass is 390 g/mol. The Morgan fingerprint density at radius 3 is 2.25 bits per heavy atom. The van der Waals surface area contributed by atoms with Crippen LogP contribution in [0.4, 0.5) is 5.69 Å². The Bertz CT molecular complexity index is 607. The fraction of sp³-hybridized carbons (Fsp3) is 0.636. The van der Waals surface area contributed by atoms with Crippen LogP contribution in [0.25, 0.3) is 0 Å². The van der Waals surface area contributed by atoms with Crippen LogP contribution < -0.4 is 16.0 Å². The highest BCUT2D eigenvalue weighted by Gasteiger charge is 2.25. The van der Waals surface area contributed by atoms with Gasteiger partial charge in [-0.25, -0.2) is 4.99 Å². The largest absolute Gasteiger partial charge is 0.396 e. The van der Waals surface area contributed by atoms with Crippen molar-refractivity contribution in [3.05, 3.63) is 29.8 Å². The second kappa shape index (κ2) is 12.4. The average Bonchev–Trinajstić information content (AvgIpc) is 2.70. The molecule has 1 aromatic rings. The molecule has 0 saturated carbocycles. The van der Waals surface area contributed by atoms with Crippen LogP contribution in [0.2, 0.25) is 0 Å². The number of carbonyl (C=O) groups is 1. The van der Waals surface area contributed by atoms with E-state index in [1.807, 2.05) is 45.0 Å². The SMILES string of the molecule is CCNC(=NCc1ccc(NC(=O)C(C)C)cc1)NCC(CC)(CC)CCO. The number of nitrogens with zero attached hydrogens (tertiary/aromatic N) is 1. The molecule has 1 aromatic carbocycles. The smallest absolute Gasteiger partial charge is 0.226 e. The molecule has 0 saturated heterocycles. The number of aliphatic hydroxyl groups is 1. The van der Waals surface area contributed by atoms with E-state index in [9.17, 15) is 9.90 Å². The molecule has 0 aromatic heterocycles. The molecular weight excluding hydrogens is 352 g/mol. The number of anilines is 1. The van der Waals surface area contributed by atoms with Crippen molar-refractivity contribution in [2.45, 2.75) is 60.4 Å². The highest BCUT2D eigenvalue weighted by Crippen LogP contribution is 2.29. The molecule has 6 nitrogen and oxygen atoms in total. The van der Waals surface area contributed by atoms with Gasteiger partial charge < -0.3 is 21.1 Å². The van der Waals surface area contributed by atoms with Gasteiger partial charge in [0, 0.05) is 31.3 Å². The molecule has 0 radical (unpaired) electrons. The van der Waals surface area contributed by atoms with Gasteiger partial charge in [-0.05, 0) is 49.3 Å².